The Labute approximate surface area is 195 Å². The molecule has 2 aromatic rings. The molecule has 0 spiro atoms. The predicted molar refractivity (Wildman–Crippen MR) is 128 cm³/mol. The number of hydrogen-bond acceptors (Lipinski definition) is 6. The predicted octanol–water partition coefficient (Wildman–Crippen LogP) is 3.50. The number of rotatable bonds is 8. The molecule has 0 aromatic heterocycles. The van der Waals surface area contributed by atoms with E-state index < -0.39 is 28.5 Å². The van der Waals surface area contributed by atoms with Gasteiger partial charge < -0.3 is 15.0 Å². The van der Waals surface area contributed by atoms with Crippen LogP contribution in [0.25, 0.3) is 0 Å². The van der Waals surface area contributed by atoms with Crippen LogP contribution in [0.1, 0.15) is 42.5 Å². The van der Waals surface area contributed by atoms with Gasteiger partial charge in [-0.1, -0.05) is 37.5 Å². The molecular formula is C24H31N3O5S. The molecule has 0 radical (unpaired) electrons. The van der Waals surface area contributed by atoms with Crippen molar-refractivity contribution >= 4 is 33.3 Å². The van der Waals surface area contributed by atoms with Crippen molar-refractivity contribution in [1.82, 2.24) is 4.31 Å². The van der Waals surface area contributed by atoms with Crippen LogP contribution >= 0.6 is 0 Å². The lowest BCUT2D eigenvalue weighted by atomic mass is 9.96. The Morgan fingerprint density at radius 2 is 1.70 bits per heavy atom. The van der Waals surface area contributed by atoms with Crippen LogP contribution in [0.3, 0.4) is 0 Å². The molecule has 0 atom stereocenters. The smallest absolute Gasteiger partial charge is 0.338 e. The first kappa shape index (κ1) is 24.7. The van der Waals surface area contributed by atoms with Crippen molar-refractivity contribution in [3.05, 3.63) is 54.1 Å². The van der Waals surface area contributed by atoms with E-state index >= 15 is 0 Å². The van der Waals surface area contributed by atoms with E-state index in [1.165, 1.54) is 16.4 Å². The Morgan fingerprint density at radius 1 is 1.00 bits per heavy atom. The molecule has 1 saturated carbocycles. The Kier molecular flexibility index (Phi) is 8.10. The summed E-state index contributed by atoms with van der Waals surface area (Å²) in [5, 5.41) is 2.58. The maximum atomic E-state index is 13.3. The molecule has 0 heterocycles. The molecule has 0 saturated heterocycles. The number of hydrogen-bond donors (Lipinski definition) is 1. The molecule has 0 aliphatic heterocycles. The lowest BCUT2D eigenvalue weighted by Gasteiger charge is -2.30. The van der Waals surface area contributed by atoms with E-state index in [0.717, 1.165) is 37.8 Å². The van der Waals surface area contributed by atoms with E-state index in [4.69, 9.17) is 4.74 Å². The van der Waals surface area contributed by atoms with Crippen LogP contribution in [0.2, 0.25) is 0 Å². The number of amides is 1. The van der Waals surface area contributed by atoms with E-state index in [2.05, 4.69) is 5.32 Å². The highest BCUT2D eigenvalue weighted by molar-refractivity contribution is 7.89. The molecule has 9 heteroatoms. The fourth-order valence-corrected chi connectivity index (χ4v) is 5.46. The zero-order valence-corrected chi connectivity index (χ0v) is 20.1. The lowest BCUT2D eigenvalue weighted by Crippen LogP contribution is -2.38. The van der Waals surface area contributed by atoms with Gasteiger partial charge in [0, 0.05) is 32.9 Å². The van der Waals surface area contributed by atoms with Crippen molar-refractivity contribution in [1.29, 1.82) is 0 Å². The van der Waals surface area contributed by atoms with Gasteiger partial charge in [-0.15, -0.1) is 0 Å². The summed E-state index contributed by atoms with van der Waals surface area (Å²) in [6.07, 6.45) is 4.79. The van der Waals surface area contributed by atoms with Crippen LogP contribution in [0.4, 0.5) is 11.4 Å². The van der Waals surface area contributed by atoms with Crippen LogP contribution < -0.4 is 10.2 Å². The Balaban J connectivity index is 1.67. The molecule has 1 aliphatic carbocycles. The number of carbonyl (C=O) groups is 2. The Bertz CT molecular complexity index is 1090. The van der Waals surface area contributed by atoms with Gasteiger partial charge in [-0.3, -0.25) is 4.79 Å². The number of para-hydroxylation sites is 1. The van der Waals surface area contributed by atoms with Gasteiger partial charge in [-0.05, 0) is 43.2 Å². The van der Waals surface area contributed by atoms with Crippen LogP contribution in [-0.2, 0) is 19.6 Å². The third kappa shape index (κ3) is 6.11. The Hall–Kier alpha value is -2.91. The fourth-order valence-electron chi connectivity index (χ4n) is 3.90. The molecule has 33 heavy (non-hydrogen) atoms. The largest absolute Gasteiger partial charge is 0.452 e. The summed E-state index contributed by atoms with van der Waals surface area (Å²) in [6.45, 7) is -0.530. The molecular weight excluding hydrogens is 442 g/mol. The molecule has 1 fully saturated rings. The molecule has 2 aromatic carbocycles. The topological polar surface area (TPSA) is 96.0 Å². The molecule has 0 bridgehead atoms. The van der Waals surface area contributed by atoms with Gasteiger partial charge in [0.05, 0.1) is 11.3 Å². The molecule has 3 rings (SSSR count). The Morgan fingerprint density at radius 3 is 2.39 bits per heavy atom. The minimum Gasteiger partial charge on any atom is -0.452 e. The second-order valence-corrected chi connectivity index (χ2v) is 10.3. The van der Waals surface area contributed by atoms with Crippen molar-refractivity contribution in [3.63, 3.8) is 0 Å². The number of benzene rings is 2. The van der Waals surface area contributed by atoms with Crippen molar-refractivity contribution in [3.8, 4) is 0 Å². The number of sulfonamides is 1. The van der Waals surface area contributed by atoms with Crippen LogP contribution in [0, 0.1) is 0 Å². The average Bonchev–Trinajstić information content (AvgIpc) is 2.82. The molecule has 0 unspecified atom stereocenters. The molecule has 1 amide bonds. The third-order valence-electron chi connectivity index (χ3n) is 5.84. The summed E-state index contributed by atoms with van der Waals surface area (Å²) < 4.78 is 33.1. The second kappa shape index (κ2) is 10.8. The highest BCUT2D eigenvalue weighted by Crippen LogP contribution is 2.29. The standard InChI is InChI=1S/C24H31N3O5S/c1-26(2)20-13-9-10-18(16-20)24(29)32-17-23(28)25-21-14-7-8-15-22(21)33(30,31)27(3)19-11-5-4-6-12-19/h7-10,13-16,19H,4-6,11-12,17H2,1-3H3,(H,25,28). The second-order valence-electron chi connectivity index (χ2n) is 8.38. The van der Waals surface area contributed by atoms with E-state index in [1.807, 2.05) is 25.1 Å². The molecule has 1 aliphatic rings. The van der Waals surface area contributed by atoms with E-state index in [9.17, 15) is 18.0 Å². The van der Waals surface area contributed by atoms with Crippen molar-refractivity contribution < 1.29 is 22.7 Å². The summed E-state index contributed by atoms with van der Waals surface area (Å²) in [5.41, 5.74) is 1.32. The van der Waals surface area contributed by atoms with Crippen LogP contribution in [0.15, 0.2) is 53.4 Å². The molecule has 178 valence electrons. The SMILES string of the molecule is CN(C)c1cccc(C(=O)OCC(=O)Nc2ccccc2S(=O)(=O)N(C)C2CCCCC2)c1. The highest BCUT2D eigenvalue weighted by atomic mass is 32.2. The van der Waals surface area contributed by atoms with E-state index in [-0.39, 0.29) is 16.6 Å². The van der Waals surface area contributed by atoms with Gasteiger partial charge in [0.1, 0.15) is 4.90 Å². The fraction of sp³-hybridized carbons (Fsp3) is 0.417. The van der Waals surface area contributed by atoms with Crippen LogP contribution in [0.5, 0.6) is 0 Å². The summed E-state index contributed by atoms with van der Waals surface area (Å²) in [7, 11) is 1.51. The van der Waals surface area contributed by atoms with Crippen molar-refractivity contribution in [2.45, 2.75) is 43.0 Å². The highest BCUT2D eigenvalue weighted by Gasteiger charge is 2.31. The van der Waals surface area contributed by atoms with E-state index in [1.54, 1.807) is 37.4 Å². The zero-order valence-electron chi connectivity index (χ0n) is 19.3. The van der Waals surface area contributed by atoms with E-state index in [0.29, 0.717) is 5.56 Å². The summed E-state index contributed by atoms with van der Waals surface area (Å²) >= 11 is 0. The van der Waals surface area contributed by atoms with Crippen molar-refractivity contribution in [2.75, 3.05) is 38.0 Å². The van der Waals surface area contributed by atoms with Gasteiger partial charge in [0.15, 0.2) is 6.61 Å². The summed E-state index contributed by atoms with van der Waals surface area (Å²) in [6, 6.07) is 13.1. The number of ether oxygens (including phenoxy) is 1. The zero-order chi connectivity index (χ0) is 24.0. The molecule has 1 N–H and O–H groups in total. The molecule has 8 nitrogen and oxygen atoms in total. The first-order valence-electron chi connectivity index (χ1n) is 11.0. The van der Waals surface area contributed by atoms with Gasteiger partial charge in [-0.2, -0.15) is 4.31 Å². The number of esters is 1. The third-order valence-corrected chi connectivity index (χ3v) is 7.81. The van der Waals surface area contributed by atoms with Gasteiger partial charge >= 0.3 is 5.97 Å². The minimum atomic E-state index is -3.80. The number of carbonyl (C=O) groups excluding carboxylic acids is 2. The summed E-state index contributed by atoms with van der Waals surface area (Å²) in [5.74, 6) is -1.25. The van der Waals surface area contributed by atoms with Gasteiger partial charge in [0.25, 0.3) is 5.91 Å². The van der Waals surface area contributed by atoms with Gasteiger partial charge in [-0.25, -0.2) is 13.2 Å². The lowest BCUT2D eigenvalue weighted by molar-refractivity contribution is -0.119. The number of nitrogens with zero attached hydrogens (tertiary/aromatic N) is 2. The number of nitrogens with one attached hydrogen (secondary N) is 1. The van der Waals surface area contributed by atoms with Crippen LogP contribution in [-0.4, -0.2) is 58.4 Å². The minimum absolute atomic E-state index is 0.0245. The van der Waals surface area contributed by atoms with Gasteiger partial charge in [0.2, 0.25) is 10.0 Å². The van der Waals surface area contributed by atoms with Crippen molar-refractivity contribution in [2.24, 2.45) is 0 Å². The number of anilines is 2. The normalized spacial score (nSPS) is 14.7. The monoisotopic (exact) mass is 473 g/mol. The average molecular weight is 474 g/mol. The first-order chi connectivity index (χ1) is 15.7. The maximum Gasteiger partial charge on any atom is 0.338 e. The first-order valence-corrected chi connectivity index (χ1v) is 12.5. The maximum absolute atomic E-state index is 13.3. The summed E-state index contributed by atoms with van der Waals surface area (Å²) in [4.78, 5) is 26.7. The quantitative estimate of drug-likeness (QED) is 0.590.